The van der Waals surface area contributed by atoms with Gasteiger partial charge in [-0.3, -0.25) is 4.79 Å². The molecule has 2 aromatic carbocycles. The van der Waals surface area contributed by atoms with E-state index >= 15 is 0 Å². The first-order valence-corrected chi connectivity index (χ1v) is 7.69. The number of carbonyl (C=O) groups excluding carboxylic acids is 1. The highest BCUT2D eigenvalue weighted by atomic mass is 16.6. The fourth-order valence-corrected chi connectivity index (χ4v) is 2.10. The van der Waals surface area contributed by atoms with E-state index < -0.39 is 11.7 Å². The van der Waals surface area contributed by atoms with Crippen LogP contribution in [0, 0.1) is 0 Å². The lowest BCUT2D eigenvalue weighted by atomic mass is 10.2. The monoisotopic (exact) mass is 340 g/mol. The summed E-state index contributed by atoms with van der Waals surface area (Å²) in [5.74, 6) is -0.451. The second kappa shape index (κ2) is 7.96. The van der Waals surface area contributed by atoms with E-state index in [1.165, 1.54) is 0 Å². The summed E-state index contributed by atoms with van der Waals surface area (Å²) in [5.41, 5.74) is 0.656. The Balaban J connectivity index is 1.50. The van der Waals surface area contributed by atoms with Crippen LogP contribution in [0.2, 0.25) is 0 Å². The number of benzene rings is 2. The first kappa shape index (κ1) is 16.5. The summed E-state index contributed by atoms with van der Waals surface area (Å²) >= 11 is 0. The summed E-state index contributed by atoms with van der Waals surface area (Å²) in [6.45, 7) is -0.0227. The summed E-state index contributed by atoms with van der Waals surface area (Å²) < 4.78 is 16.4. The summed E-state index contributed by atoms with van der Waals surface area (Å²) in [7, 11) is 0. The number of rotatable bonds is 7. The lowest BCUT2D eigenvalue weighted by Crippen LogP contribution is -2.24. The van der Waals surface area contributed by atoms with Crippen LogP contribution in [-0.2, 0) is 16.1 Å². The van der Waals surface area contributed by atoms with Crippen molar-refractivity contribution in [1.82, 2.24) is 9.78 Å². The van der Waals surface area contributed by atoms with Gasteiger partial charge in [-0.1, -0.05) is 36.4 Å². The fraction of sp³-hybridized carbons (Fsp3) is 0.167. The van der Waals surface area contributed by atoms with Gasteiger partial charge in [-0.2, -0.15) is 4.68 Å². The molecule has 3 aromatic rings. The molecule has 25 heavy (non-hydrogen) atoms. The Morgan fingerprint density at radius 3 is 2.40 bits per heavy atom. The number of hydrogen-bond donors (Lipinski definition) is 0. The molecule has 0 N–H and O–H groups in total. The van der Waals surface area contributed by atoms with Gasteiger partial charge in [0, 0.05) is 5.56 Å². The van der Waals surface area contributed by atoms with Crippen LogP contribution < -0.4 is 10.5 Å². The third-order valence-electron chi connectivity index (χ3n) is 3.26. The molecule has 128 valence electrons. The van der Waals surface area contributed by atoms with E-state index in [0.717, 1.165) is 4.68 Å². The Morgan fingerprint density at radius 1 is 1.00 bits per heavy atom. The molecule has 0 aliphatic carbocycles. The van der Waals surface area contributed by atoms with Crippen molar-refractivity contribution in [2.24, 2.45) is 0 Å². The van der Waals surface area contributed by atoms with Gasteiger partial charge in [0.1, 0.15) is 25.5 Å². The smallest absolute Gasteiger partial charge is 0.437 e. The molecule has 7 heteroatoms. The summed E-state index contributed by atoms with van der Waals surface area (Å²) in [6.07, 6.45) is 0. The minimum atomic E-state index is -0.712. The van der Waals surface area contributed by atoms with Crippen LogP contribution in [0.25, 0.3) is 11.5 Å². The molecular formula is C18H16N2O5. The average molecular weight is 340 g/mol. The van der Waals surface area contributed by atoms with Crippen molar-refractivity contribution in [2.45, 2.75) is 6.54 Å². The zero-order valence-corrected chi connectivity index (χ0v) is 13.3. The Kier molecular flexibility index (Phi) is 5.26. The average Bonchev–Trinajstić information content (AvgIpc) is 3.01. The number of ether oxygens (including phenoxy) is 2. The number of carbonyl (C=O) groups is 1. The summed E-state index contributed by atoms with van der Waals surface area (Å²) in [4.78, 5) is 23.6. The molecule has 1 aromatic heterocycles. The Morgan fingerprint density at radius 2 is 1.68 bits per heavy atom. The topological polar surface area (TPSA) is 83.6 Å². The standard InChI is InChI=1S/C18H16N2O5/c21-16(24-12-11-23-15-9-5-2-6-10-15)13-20-18(22)25-17(19-20)14-7-3-1-4-8-14/h1-10H,11-13H2. The molecule has 0 radical (unpaired) electrons. The molecule has 3 rings (SSSR count). The second-order valence-electron chi connectivity index (χ2n) is 5.08. The van der Waals surface area contributed by atoms with Crippen LogP contribution in [0.1, 0.15) is 0 Å². The van der Waals surface area contributed by atoms with Crippen LogP contribution >= 0.6 is 0 Å². The lowest BCUT2D eigenvalue weighted by Gasteiger charge is -2.06. The SMILES string of the molecule is O=C(Cn1nc(-c2ccccc2)oc1=O)OCCOc1ccccc1. The second-order valence-corrected chi connectivity index (χ2v) is 5.08. The van der Waals surface area contributed by atoms with Crippen molar-refractivity contribution in [2.75, 3.05) is 13.2 Å². The molecule has 0 spiro atoms. The molecule has 7 nitrogen and oxygen atoms in total. The molecule has 0 bridgehead atoms. The molecule has 1 heterocycles. The van der Waals surface area contributed by atoms with E-state index in [0.29, 0.717) is 11.3 Å². The van der Waals surface area contributed by atoms with Crippen molar-refractivity contribution in [1.29, 1.82) is 0 Å². The van der Waals surface area contributed by atoms with Gasteiger partial charge in [-0.25, -0.2) is 4.79 Å². The van der Waals surface area contributed by atoms with Crippen molar-refractivity contribution in [3.63, 3.8) is 0 Å². The van der Waals surface area contributed by atoms with Crippen LogP contribution in [0.4, 0.5) is 0 Å². The molecule has 0 amide bonds. The van der Waals surface area contributed by atoms with Gasteiger partial charge in [0.2, 0.25) is 5.89 Å². The minimum Gasteiger partial charge on any atom is -0.490 e. The third kappa shape index (κ3) is 4.57. The first-order chi connectivity index (χ1) is 12.2. The Hall–Kier alpha value is -3.35. The molecule has 0 saturated heterocycles. The van der Waals surface area contributed by atoms with E-state index in [2.05, 4.69) is 5.10 Å². The molecule has 0 atom stereocenters. The highest BCUT2D eigenvalue weighted by molar-refractivity contribution is 5.69. The van der Waals surface area contributed by atoms with E-state index in [4.69, 9.17) is 13.9 Å². The van der Waals surface area contributed by atoms with Gasteiger partial charge in [0.25, 0.3) is 0 Å². The minimum absolute atomic E-state index is 0.0753. The van der Waals surface area contributed by atoms with Crippen LogP contribution in [0.15, 0.2) is 69.9 Å². The Labute approximate surface area is 143 Å². The number of esters is 1. The number of aromatic nitrogens is 2. The molecule has 0 fully saturated rings. The number of hydrogen-bond acceptors (Lipinski definition) is 6. The number of para-hydroxylation sites is 1. The van der Waals surface area contributed by atoms with Gasteiger partial charge in [0.15, 0.2) is 0 Å². The van der Waals surface area contributed by atoms with E-state index in [1.807, 2.05) is 36.4 Å². The predicted octanol–water partition coefficient (Wildman–Crippen LogP) is 2.13. The first-order valence-electron chi connectivity index (χ1n) is 7.69. The van der Waals surface area contributed by atoms with Crippen molar-refractivity contribution in [3.8, 4) is 17.2 Å². The maximum Gasteiger partial charge on any atom is 0.437 e. The Bertz CT molecular complexity index is 871. The van der Waals surface area contributed by atoms with E-state index in [9.17, 15) is 9.59 Å². The molecular weight excluding hydrogens is 324 g/mol. The normalized spacial score (nSPS) is 10.4. The third-order valence-corrected chi connectivity index (χ3v) is 3.26. The quantitative estimate of drug-likeness (QED) is 0.484. The van der Waals surface area contributed by atoms with Crippen LogP contribution in [-0.4, -0.2) is 29.0 Å². The number of nitrogens with zero attached hydrogens (tertiary/aromatic N) is 2. The summed E-state index contributed by atoms with van der Waals surface area (Å²) in [6, 6.07) is 18.2. The van der Waals surface area contributed by atoms with Crippen LogP contribution in [0.3, 0.4) is 0 Å². The van der Waals surface area contributed by atoms with E-state index in [-0.39, 0.29) is 25.6 Å². The zero-order chi connectivity index (χ0) is 17.5. The van der Waals surface area contributed by atoms with Crippen molar-refractivity contribution < 1.29 is 18.7 Å². The van der Waals surface area contributed by atoms with Gasteiger partial charge in [0.05, 0.1) is 0 Å². The van der Waals surface area contributed by atoms with Gasteiger partial charge in [-0.05, 0) is 24.3 Å². The molecule has 0 unspecified atom stereocenters. The lowest BCUT2D eigenvalue weighted by molar-refractivity contribution is -0.145. The fourth-order valence-electron chi connectivity index (χ4n) is 2.10. The maximum absolute atomic E-state index is 11.8. The van der Waals surface area contributed by atoms with Gasteiger partial charge in [-0.15, -0.1) is 5.10 Å². The highest BCUT2D eigenvalue weighted by Crippen LogP contribution is 2.13. The molecule has 0 aliphatic heterocycles. The van der Waals surface area contributed by atoms with E-state index in [1.54, 1.807) is 24.3 Å². The largest absolute Gasteiger partial charge is 0.490 e. The van der Waals surface area contributed by atoms with Crippen molar-refractivity contribution in [3.05, 3.63) is 71.2 Å². The van der Waals surface area contributed by atoms with Gasteiger partial charge >= 0.3 is 11.7 Å². The van der Waals surface area contributed by atoms with Gasteiger partial charge < -0.3 is 13.9 Å². The molecule has 0 saturated carbocycles. The maximum atomic E-state index is 11.8. The van der Waals surface area contributed by atoms with Crippen LogP contribution in [0.5, 0.6) is 5.75 Å². The molecule has 0 aliphatic rings. The summed E-state index contributed by atoms with van der Waals surface area (Å²) in [5, 5.41) is 4.00. The predicted molar refractivity (Wildman–Crippen MR) is 89.1 cm³/mol. The van der Waals surface area contributed by atoms with Crippen molar-refractivity contribution >= 4 is 5.97 Å². The zero-order valence-electron chi connectivity index (χ0n) is 13.3. The highest BCUT2D eigenvalue weighted by Gasteiger charge is 2.13.